The highest BCUT2D eigenvalue weighted by Crippen LogP contribution is 2.04. The molecule has 0 aromatic carbocycles. The maximum Gasteiger partial charge on any atom is 0.195 e. The molecule has 0 aliphatic rings. The van der Waals surface area contributed by atoms with Gasteiger partial charge in [0, 0.05) is 12.5 Å². The zero-order chi connectivity index (χ0) is 9.14. The molecule has 1 aromatic rings. The normalized spacial score (nSPS) is 9.83. The maximum absolute atomic E-state index is 11.2. The summed E-state index contributed by atoms with van der Waals surface area (Å²) in [7, 11) is 0. The second-order valence-corrected chi connectivity index (χ2v) is 2.49. The molecule has 1 heterocycles. The second kappa shape index (κ2) is 3.34. The van der Waals surface area contributed by atoms with Crippen molar-refractivity contribution in [3.8, 4) is 0 Å². The van der Waals surface area contributed by atoms with E-state index >= 15 is 0 Å². The van der Waals surface area contributed by atoms with E-state index in [4.69, 9.17) is 4.42 Å². The summed E-state index contributed by atoms with van der Waals surface area (Å²) >= 11 is 0. The van der Waals surface area contributed by atoms with Crippen molar-refractivity contribution >= 4 is 5.78 Å². The van der Waals surface area contributed by atoms with E-state index in [1.807, 2.05) is 6.92 Å². The molecule has 64 valence electrons. The third-order valence-electron chi connectivity index (χ3n) is 1.63. The molecule has 1 rings (SSSR count). The summed E-state index contributed by atoms with van der Waals surface area (Å²) in [5.41, 5.74) is -0.0781. The summed E-state index contributed by atoms with van der Waals surface area (Å²) < 4.78 is 5.03. The lowest BCUT2D eigenvalue weighted by molar-refractivity contribution is 0.101. The fraction of sp³-hybridized carbons (Fsp3) is 0.333. The molecule has 0 radical (unpaired) electrons. The summed E-state index contributed by atoms with van der Waals surface area (Å²) in [5, 5.41) is 0. The number of carbonyl (C=O) groups is 1. The Labute approximate surface area is 70.0 Å². The second-order valence-electron chi connectivity index (χ2n) is 2.49. The summed E-state index contributed by atoms with van der Waals surface area (Å²) in [6.45, 7) is 3.20. The lowest BCUT2D eigenvalue weighted by Gasteiger charge is -1.99. The van der Waals surface area contributed by atoms with Crippen LogP contribution in [-0.2, 0) is 6.42 Å². The van der Waals surface area contributed by atoms with E-state index in [0.29, 0.717) is 12.2 Å². The van der Waals surface area contributed by atoms with Crippen molar-refractivity contribution in [2.24, 2.45) is 0 Å². The average Bonchev–Trinajstić information content (AvgIpc) is 2.03. The van der Waals surface area contributed by atoms with Crippen molar-refractivity contribution in [3.05, 3.63) is 33.9 Å². The topological polar surface area (TPSA) is 47.3 Å². The van der Waals surface area contributed by atoms with Crippen molar-refractivity contribution in [3.63, 3.8) is 0 Å². The van der Waals surface area contributed by atoms with Gasteiger partial charge in [0.05, 0.1) is 6.26 Å². The summed E-state index contributed by atoms with van der Waals surface area (Å²) in [6, 6.07) is 1.26. The first-order valence-electron chi connectivity index (χ1n) is 3.78. The Morgan fingerprint density at radius 2 is 2.25 bits per heavy atom. The number of hydrogen-bond acceptors (Lipinski definition) is 3. The van der Waals surface area contributed by atoms with Gasteiger partial charge >= 0.3 is 0 Å². The smallest absolute Gasteiger partial charge is 0.195 e. The molecule has 12 heavy (non-hydrogen) atoms. The predicted octanol–water partition coefficient (Wildman–Crippen LogP) is 1.40. The summed E-state index contributed by atoms with van der Waals surface area (Å²) in [5.74, 6) is 0.233. The molecule has 0 aliphatic heterocycles. The van der Waals surface area contributed by atoms with Gasteiger partial charge in [0.25, 0.3) is 0 Å². The van der Waals surface area contributed by atoms with Gasteiger partial charge in [-0.2, -0.15) is 0 Å². The van der Waals surface area contributed by atoms with Gasteiger partial charge in [-0.1, -0.05) is 6.92 Å². The molecule has 3 nitrogen and oxygen atoms in total. The summed E-state index contributed by atoms with van der Waals surface area (Å²) in [4.78, 5) is 22.1. The van der Waals surface area contributed by atoms with Crippen molar-refractivity contribution in [1.29, 1.82) is 0 Å². The molecule has 0 spiro atoms. The van der Waals surface area contributed by atoms with E-state index in [1.165, 1.54) is 19.3 Å². The van der Waals surface area contributed by atoms with Gasteiger partial charge in [-0.3, -0.25) is 9.59 Å². The molecular formula is C9H10O3. The van der Waals surface area contributed by atoms with Crippen molar-refractivity contribution in [2.45, 2.75) is 20.3 Å². The molecule has 0 saturated carbocycles. The largest absolute Gasteiger partial charge is 0.468 e. The Hall–Kier alpha value is -1.38. The quantitative estimate of drug-likeness (QED) is 0.624. The highest BCUT2D eigenvalue weighted by atomic mass is 16.3. The highest BCUT2D eigenvalue weighted by Gasteiger charge is 2.11. The maximum atomic E-state index is 11.2. The Morgan fingerprint density at radius 1 is 1.58 bits per heavy atom. The van der Waals surface area contributed by atoms with Gasteiger partial charge < -0.3 is 4.42 Å². The fourth-order valence-electron chi connectivity index (χ4n) is 1.09. The van der Waals surface area contributed by atoms with Gasteiger partial charge in [-0.05, 0) is 6.92 Å². The molecule has 0 bridgehead atoms. The zero-order valence-electron chi connectivity index (χ0n) is 7.09. The van der Waals surface area contributed by atoms with E-state index in [-0.39, 0.29) is 16.8 Å². The van der Waals surface area contributed by atoms with Crippen molar-refractivity contribution < 1.29 is 9.21 Å². The first-order chi connectivity index (χ1) is 5.66. The van der Waals surface area contributed by atoms with Crippen LogP contribution < -0.4 is 5.43 Å². The van der Waals surface area contributed by atoms with E-state index in [9.17, 15) is 9.59 Å². The third kappa shape index (κ3) is 1.44. The molecular weight excluding hydrogens is 156 g/mol. The van der Waals surface area contributed by atoms with E-state index in [2.05, 4.69) is 0 Å². The minimum absolute atomic E-state index is 0.181. The predicted molar refractivity (Wildman–Crippen MR) is 44.4 cm³/mol. The number of carbonyl (C=O) groups excluding carboxylic acids is 1. The van der Waals surface area contributed by atoms with Crippen LogP contribution in [0, 0.1) is 0 Å². The molecule has 0 aliphatic carbocycles. The van der Waals surface area contributed by atoms with E-state index in [0.717, 1.165) is 0 Å². The van der Waals surface area contributed by atoms with Crippen LogP contribution in [0.2, 0.25) is 0 Å². The molecule has 0 amide bonds. The SMILES string of the molecule is CCc1occc(=O)c1C(C)=O. The molecule has 0 fully saturated rings. The number of aryl methyl sites for hydroxylation is 1. The van der Waals surface area contributed by atoms with Crippen LogP contribution >= 0.6 is 0 Å². The number of Topliss-reactive ketones (excluding diaryl/α,β-unsaturated/α-hetero) is 1. The van der Waals surface area contributed by atoms with Crippen molar-refractivity contribution in [1.82, 2.24) is 0 Å². The first-order valence-corrected chi connectivity index (χ1v) is 3.78. The number of hydrogen-bond donors (Lipinski definition) is 0. The van der Waals surface area contributed by atoms with Crippen LogP contribution in [0.25, 0.3) is 0 Å². The van der Waals surface area contributed by atoms with Gasteiger partial charge in [0.2, 0.25) is 0 Å². The molecule has 0 N–H and O–H groups in total. The van der Waals surface area contributed by atoms with Crippen molar-refractivity contribution in [2.75, 3.05) is 0 Å². The zero-order valence-corrected chi connectivity index (χ0v) is 7.09. The average molecular weight is 166 g/mol. The molecule has 0 unspecified atom stereocenters. The van der Waals surface area contributed by atoms with Crippen LogP contribution in [0.1, 0.15) is 30.0 Å². The Balaban J connectivity index is 3.40. The molecule has 0 saturated heterocycles. The minimum atomic E-state index is -0.259. The van der Waals surface area contributed by atoms with Crippen LogP contribution in [0.3, 0.4) is 0 Å². The molecule has 3 heteroatoms. The van der Waals surface area contributed by atoms with Gasteiger partial charge in [0.15, 0.2) is 11.2 Å². The Kier molecular flexibility index (Phi) is 2.43. The van der Waals surface area contributed by atoms with Crippen LogP contribution in [0.5, 0.6) is 0 Å². The number of rotatable bonds is 2. The number of ketones is 1. The van der Waals surface area contributed by atoms with Gasteiger partial charge in [0.1, 0.15) is 11.3 Å². The highest BCUT2D eigenvalue weighted by molar-refractivity contribution is 5.94. The lowest BCUT2D eigenvalue weighted by atomic mass is 10.1. The Morgan fingerprint density at radius 3 is 2.67 bits per heavy atom. The van der Waals surface area contributed by atoms with Gasteiger partial charge in [-0.25, -0.2) is 0 Å². The minimum Gasteiger partial charge on any atom is -0.468 e. The fourth-order valence-corrected chi connectivity index (χ4v) is 1.09. The van der Waals surface area contributed by atoms with Gasteiger partial charge in [-0.15, -0.1) is 0 Å². The standard InChI is InChI=1S/C9H10O3/c1-3-8-9(6(2)10)7(11)4-5-12-8/h4-5H,3H2,1-2H3. The Bertz CT molecular complexity index is 349. The summed E-state index contributed by atoms with van der Waals surface area (Å²) in [6.07, 6.45) is 1.87. The third-order valence-corrected chi connectivity index (χ3v) is 1.63. The van der Waals surface area contributed by atoms with Crippen LogP contribution in [0.15, 0.2) is 21.5 Å². The lowest BCUT2D eigenvalue weighted by Crippen LogP contribution is -2.14. The monoisotopic (exact) mass is 166 g/mol. The molecule has 1 aromatic heterocycles. The van der Waals surface area contributed by atoms with E-state index < -0.39 is 0 Å². The van der Waals surface area contributed by atoms with Crippen LogP contribution in [0.4, 0.5) is 0 Å². The van der Waals surface area contributed by atoms with E-state index in [1.54, 1.807) is 0 Å². The first kappa shape index (κ1) is 8.71. The molecule has 0 atom stereocenters. The van der Waals surface area contributed by atoms with Crippen LogP contribution in [-0.4, -0.2) is 5.78 Å².